The minimum absolute atomic E-state index is 0.00499. The number of benzene rings is 2. The van der Waals surface area contributed by atoms with Gasteiger partial charge in [-0.1, -0.05) is 71.8 Å². The van der Waals surface area contributed by atoms with Gasteiger partial charge in [-0.05, 0) is 66.1 Å². The molecule has 0 radical (unpaired) electrons. The minimum Gasteiger partial charge on any atom is -0.196 e. The van der Waals surface area contributed by atoms with Gasteiger partial charge in [-0.2, -0.15) is 10.5 Å². The van der Waals surface area contributed by atoms with Gasteiger partial charge in [-0.15, -0.1) is 6.58 Å². The number of hydrogen-bond donors (Lipinski definition) is 0. The van der Waals surface area contributed by atoms with Crippen LogP contribution in [0.1, 0.15) is 42.7 Å². The maximum Gasteiger partial charge on any atom is 0.168 e. The molecule has 1 unspecified atom stereocenters. The highest BCUT2D eigenvalue weighted by Gasteiger charge is 2.41. The van der Waals surface area contributed by atoms with Crippen LogP contribution in [-0.2, 0) is 0 Å². The molecule has 2 nitrogen and oxygen atoms in total. The van der Waals surface area contributed by atoms with Crippen LogP contribution in [0.15, 0.2) is 78.9 Å². The molecule has 0 aromatic heterocycles. The molecule has 0 N–H and O–H groups in total. The van der Waals surface area contributed by atoms with Crippen LogP contribution in [0.2, 0.25) is 10.0 Å². The SMILES string of the molecule is C=CCC(C#N)(C#N)C1=CCCC[C@H]1C(/C=C/c1ccc(Cl)cc1)c1ccc(Cl)cc1. The Morgan fingerprint density at radius 3 is 2.23 bits per heavy atom. The van der Waals surface area contributed by atoms with Gasteiger partial charge in [-0.3, -0.25) is 0 Å². The second-order valence-corrected chi connectivity index (χ2v) is 8.68. The van der Waals surface area contributed by atoms with Crippen LogP contribution < -0.4 is 0 Å². The number of nitriles is 2. The Hall–Kier alpha value is -2.78. The van der Waals surface area contributed by atoms with E-state index in [1.54, 1.807) is 6.08 Å². The van der Waals surface area contributed by atoms with Crippen LogP contribution in [0.4, 0.5) is 0 Å². The Kier molecular flexibility index (Phi) is 7.75. The third-order valence-electron chi connectivity index (χ3n) is 5.86. The lowest BCUT2D eigenvalue weighted by molar-refractivity contribution is 0.405. The molecule has 0 spiro atoms. The molecule has 3 rings (SSSR count). The van der Waals surface area contributed by atoms with Gasteiger partial charge in [0.1, 0.15) is 0 Å². The van der Waals surface area contributed by atoms with E-state index in [0.717, 1.165) is 36.0 Å². The molecule has 2 aromatic carbocycles. The first kappa shape index (κ1) is 22.9. The van der Waals surface area contributed by atoms with E-state index >= 15 is 0 Å². The molecular formula is C27H24Cl2N2. The van der Waals surface area contributed by atoms with Gasteiger partial charge in [0.05, 0.1) is 12.1 Å². The standard InChI is InChI=1S/C27H24Cl2N2/c1-2-17-27(18-30,19-31)26-6-4-3-5-25(26)24(21-10-14-23(29)15-11-21)16-9-20-7-12-22(28)13-8-20/h2,6-16,24-25H,1,3-5,17H2/b16-9+/t24?,25-/m0/s1. The Morgan fingerprint density at radius 2 is 1.65 bits per heavy atom. The zero-order chi connectivity index (χ0) is 22.3. The van der Waals surface area contributed by atoms with Gasteiger partial charge >= 0.3 is 0 Å². The van der Waals surface area contributed by atoms with E-state index in [1.807, 2.05) is 48.5 Å². The average molecular weight is 447 g/mol. The molecule has 2 aromatic rings. The first-order chi connectivity index (χ1) is 15.0. The summed E-state index contributed by atoms with van der Waals surface area (Å²) >= 11 is 12.2. The van der Waals surface area contributed by atoms with E-state index in [2.05, 4.69) is 36.9 Å². The lowest BCUT2D eigenvalue weighted by atomic mass is 9.65. The topological polar surface area (TPSA) is 47.6 Å². The first-order valence-electron chi connectivity index (χ1n) is 10.4. The highest BCUT2D eigenvalue weighted by atomic mass is 35.5. The van der Waals surface area contributed by atoms with E-state index in [1.165, 1.54) is 0 Å². The maximum absolute atomic E-state index is 9.99. The van der Waals surface area contributed by atoms with Gasteiger partial charge in [-0.25, -0.2) is 0 Å². The normalized spacial score (nSPS) is 17.4. The van der Waals surface area contributed by atoms with Gasteiger partial charge in [0.25, 0.3) is 0 Å². The molecule has 0 aliphatic heterocycles. The second kappa shape index (κ2) is 10.5. The van der Waals surface area contributed by atoms with Gasteiger partial charge in [0, 0.05) is 22.4 Å². The van der Waals surface area contributed by atoms with E-state index in [9.17, 15) is 10.5 Å². The van der Waals surface area contributed by atoms with Crippen molar-refractivity contribution in [3.63, 3.8) is 0 Å². The lowest BCUT2D eigenvalue weighted by Gasteiger charge is -2.36. The molecule has 31 heavy (non-hydrogen) atoms. The van der Waals surface area contributed by atoms with Crippen LogP contribution in [0.5, 0.6) is 0 Å². The number of halogens is 2. The number of allylic oxidation sites excluding steroid dienone is 4. The molecule has 2 atom stereocenters. The van der Waals surface area contributed by atoms with Crippen molar-refractivity contribution < 1.29 is 0 Å². The predicted octanol–water partition coefficient (Wildman–Crippen LogP) is 8.13. The average Bonchev–Trinajstić information content (AvgIpc) is 2.80. The monoisotopic (exact) mass is 446 g/mol. The van der Waals surface area contributed by atoms with Crippen molar-refractivity contribution in [3.05, 3.63) is 100 Å². The summed E-state index contributed by atoms with van der Waals surface area (Å²) in [7, 11) is 0. The molecule has 4 heteroatoms. The smallest absolute Gasteiger partial charge is 0.168 e. The summed E-state index contributed by atoms with van der Waals surface area (Å²) in [6.07, 6.45) is 11.1. The highest BCUT2D eigenvalue weighted by molar-refractivity contribution is 6.30. The molecule has 0 bridgehead atoms. The fourth-order valence-corrected chi connectivity index (χ4v) is 4.55. The molecule has 0 saturated heterocycles. The van der Waals surface area contributed by atoms with Crippen molar-refractivity contribution >= 4 is 29.3 Å². The molecule has 1 aliphatic carbocycles. The van der Waals surface area contributed by atoms with Crippen molar-refractivity contribution in [3.8, 4) is 12.1 Å². The summed E-state index contributed by atoms with van der Waals surface area (Å²) in [5, 5.41) is 21.4. The Balaban J connectivity index is 2.07. The van der Waals surface area contributed by atoms with Crippen LogP contribution >= 0.6 is 23.2 Å². The quantitative estimate of drug-likeness (QED) is 0.402. The number of hydrogen-bond acceptors (Lipinski definition) is 2. The fraction of sp³-hybridized carbons (Fsp3) is 0.259. The first-order valence-corrected chi connectivity index (χ1v) is 11.1. The van der Waals surface area contributed by atoms with Crippen molar-refractivity contribution in [2.24, 2.45) is 11.3 Å². The Bertz CT molecular complexity index is 1040. The number of rotatable bonds is 7. The summed E-state index contributed by atoms with van der Waals surface area (Å²) in [5.41, 5.74) is 1.87. The largest absolute Gasteiger partial charge is 0.196 e. The Labute approximate surface area is 194 Å². The van der Waals surface area contributed by atoms with Crippen molar-refractivity contribution in [2.75, 3.05) is 0 Å². The van der Waals surface area contributed by atoms with Gasteiger partial charge in [0.2, 0.25) is 0 Å². The van der Waals surface area contributed by atoms with Crippen LogP contribution in [0, 0.1) is 34.0 Å². The van der Waals surface area contributed by atoms with Crippen LogP contribution in [0.25, 0.3) is 6.08 Å². The van der Waals surface area contributed by atoms with E-state index in [-0.39, 0.29) is 11.8 Å². The van der Waals surface area contributed by atoms with E-state index in [0.29, 0.717) is 16.5 Å². The van der Waals surface area contributed by atoms with Gasteiger partial charge in [0.15, 0.2) is 5.41 Å². The summed E-state index contributed by atoms with van der Waals surface area (Å²) in [4.78, 5) is 0. The summed E-state index contributed by atoms with van der Waals surface area (Å²) < 4.78 is 0. The molecule has 0 fully saturated rings. The number of nitrogens with zero attached hydrogens (tertiary/aromatic N) is 2. The van der Waals surface area contributed by atoms with E-state index < -0.39 is 5.41 Å². The second-order valence-electron chi connectivity index (χ2n) is 7.81. The minimum atomic E-state index is -1.19. The maximum atomic E-state index is 9.99. The van der Waals surface area contributed by atoms with Crippen LogP contribution in [0.3, 0.4) is 0 Å². The molecule has 0 saturated carbocycles. The van der Waals surface area contributed by atoms with Crippen molar-refractivity contribution in [1.29, 1.82) is 10.5 Å². The zero-order valence-electron chi connectivity index (χ0n) is 17.3. The third kappa shape index (κ3) is 5.29. The fourth-order valence-electron chi connectivity index (χ4n) is 4.30. The van der Waals surface area contributed by atoms with Crippen molar-refractivity contribution in [1.82, 2.24) is 0 Å². The molecular weight excluding hydrogens is 423 g/mol. The summed E-state index contributed by atoms with van der Waals surface area (Å²) in [6.45, 7) is 3.79. The van der Waals surface area contributed by atoms with Gasteiger partial charge < -0.3 is 0 Å². The molecule has 1 aliphatic rings. The molecule has 0 amide bonds. The van der Waals surface area contributed by atoms with E-state index in [4.69, 9.17) is 23.2 Å². The lowest BCUT2D eigenvalue weighted by Crippen LogP contribution is -2.29. The molecule has 0 heterocycles. The highest BCUT2D eigenvalue weighted by Crippen LogP contribution is 2.47. The zero-order valence-corrected chi connectivity index (χ0v) is 18.8. The third-order valence-corrected chi connectivity index (χ3v) is 6.37. The summed E-state index contributed by atoms with van der Waals surface area (Å²) in [5.74, 6) is 0.0445. The summed E-state index contributed by atoms with van der Waals surface area (Å²) in [6, 6.07) is 20.1. The predicted molar refractivity (Wildman–Crippen MR) is 129 cm³/mol. The molecule has 156 valence electrons. The Morgan fingerprint density at radius 1 is 1.03 bits per heavy atom. The van der Waals surface area contributed by atoms with Crippen LogP contribution in [-0.4, -0.2) is 0 Å². The van der Waals surface area contributed by atoms with Crippen molar-refractivity contribution in [2.45, 2.75) is 31.6 Å².